The van der Waals surface area contributed by atoms with E-state index >= 15 is 0 Å². The van der Waals surface area contributed by atoms with Crippen LogP contribution >= 0.6 is 0 Å². The highest BCUT2D eigenvalue weighted by Gasteiger charge is 2.48. The smallest absolute Gasteiger partial charge is 0.0795 e. The molecule has 0 saturated heterocycles. The SMILES string of the molecule is CCCC1C(C)CCC2C3CC/C(=N\O)C=C3CC(CC)C12. The monoisotopic (exact) mass is 303 g/mol. The third-order valence-corrected chi connectivity index (χ3v) is 7.05. The van der Waals surface area contributed by atoms with E-state index in [-0.39, 0.29) is 0 Å². The maximum absolute atomic E-state index is 9.13. The van der Waals surface area contributed by atoms with Crippen LogP contribution in [0.4, 0.5) is 0 Å². The van der Waals surface area contributed by atoms with Gasteiger partial charge in [0.05, 0.1) is 5.71 Å². The van der Waals surface area contributed by atoms with E-state index in [1.807, 2.05) is 0 Å². The maximum atomic E-state index is 9.13. The maximum Gasteiger partial charge on any atom is 0.0795 e. The van der Waals surface area contributed by atoms with Crippen LogP contribution in [0.15, 0.2) is 16.8 Å². The van der Waals surface area contributed by atoms with E-state index in [2.05, 4.69) is 32.0 Å². The van der Waals surface area contributed by atoms with Crippen LogP contribution < -0.4 is 0 Å². The second-order valence-corrected chi connectivity index (χ2v) is 8.08. The highest BCUT2D eigenvalue weighted by Crippen LogP contribution is 2.56. The predicted molar refractivity (Wildman–Crippen MR) is 92.2 cm³/mol. The Labute approximate surface area is 136 Å². The van der Waals surface area contributed by atoms with Gasteiger partial charge in [-0.15, -0.1) is 0 Å². The average Bonchev–Trinajstić information content (AvgIpc) is 2.55. The Balaban J connectivity index is 1.91. The van der Waals surface area contributed by atoms with Gasteiger partial charge in [-0.1, -0.05) is 57.2 Å². The molecule has 0 aliphatic heterocycles. The molecule has 0 radical (unpaired) electrons. The van der Waals surface area contributed by atoms with Gasteiger partial charge in [-0.3, -0.25) is 0 Å². The summed E-state index contributed by atoms with van der Waals surface area (Å²) in [6.45, 7) is 7.25. The molecule has 0 aromatic heterocycles. The third kappa shape index (κ3) is 2.74. The van der Waals surface area contributed by atoms with Crippen LogP contribution in [0, 0.1) is 35.5 Å². The molecule has 22 heavy (non-hydrogen) atoms. The van der Waals surface area contributed by atoms with E-state index in [1.165, 1.54) is 44.9 Å². The van der Waals surface area contributed by atoms with Crippen molar-refractivity contribution in [3.63, 3.8) is 0 Å². The summed E-state index contributed by atoms with van der Waals surface area (Å²) < 4.78 is 0. The number of rotatable bonds is 3. The lowest BCUT2D eigenvalue weighted by atomic mass is 9.51. The van der Waals surface area contributed by atoms with Crippen LogP contribution in [0.3, 0.4) is 0 Å². The Kier molecular flexibility index (Phi) is 4.94. The Morgan fingerprint density at radius 3 is 2.73 bits per heavy atom. The van der Waals surface area contributed by atoms with Crippen LogP contribution in [-0.2, 0) is 0 Å². The zero-order valence-corrected chi connectivity index (χ0v) is 14.6. The summed E-state index contributed by atoms with van der Waals surface area (Å²) in [6, 6.07) is 0. The zero-order chi connectivity index (χ0) is 15.7. The summed E-state index contributed by atoms with van der Waals surface area (Å²) in [7, 11) is 0. The average molecular weight is 303 g/mol. The quantitative estimate of drug-likeness (QED) is 0.529. The first-order valence-corrected chi connectivity index (χ1v) is 9.60. The minimum Gasteiger partial charge on any atom is -0.411 e. The van der Waals surface area contributed by atoms with Gasteiger partial charge in [-0.25, -0.2) is 0 Å². The Morgan fingerprint density at radius 2 is 2.05 bits per heavy atom. The normalized spacial score (nSPS) is 43.4. The fourth-order valence-corrected chi connectivity index (χ4v) is 6.05. The van der Waals surface area contributed by atoms with Crippen LogP contribution in [-0.4, -0.2) is 10.9 Å². The molecule has 2 fully saturated rings. The molecule has 0 amide bonds. The van der Waals surface area contributed by atoms with Gasteiger partial charge in [0.25, 0.3) is 0 Å². The summed E-state index contributed by atoms with van der Waals surface area (Å²) in [4.78, 5) is 0. The van der Waals surface area contributed by atoms with E-state index in [0.717, 1.165) is 47.6 Å². The summed E-state index contributed by atoms with van der Waals surface area (Å²) in [5.41, 5.74) is 2.52. The fraction of sp³-hybridized carbons (Fsp3) is 0.850. The molecule has 3 aliphatic carbocycles. The third-order valence-electron chi connectivity index (χ3n) is 7.05. The van der Waals surface area contributed by atoms with Crippen molar-refractivity contribution in [2.24, 2.45) is 40.7 Å². The molecule has 124 valence electrons. The number of nitrogens with zero attached hydrogens (tertiary/aromatic N) is 1. The number of fused-ring (bicyclic) bond motifs is 3. The molecule has 0 aromatic carbocycles. The lowest BCUT2D eigenvalue weighted by Crippen LogP contribution is -2.46. The second kappa shape index (κ2) is 6.76. The van der Waals surface area contributed by atoms with Crippen molar-refractivity contribution in [1.29, 1.82) is 0 Å². The number of allylic oxidation sites excluding steroid dienone is 2. The largest absolute Gasteiger partial charge is 0.411 e. The first kappa shape index (κ1) is 16.1. The first-order valence-electron chi connectivity index (χ1n) is 9.60. The minimum atomic E-state index is 0.783. The molecule has 0 aromatic rings. The molecule has 0 bridgehead atoms. The van der Waals surface area contributed by atoms with Crippen molar-refractivity contribution >= 4 is 5.71 Å². The molecule has 0 heterocycles. The van der Waals surface area contributed by atoms with E-state index in [9.17, 15) is 0 Å². The molecule has 6 unspecified atom stereocenters. The Morgan fingerprint density at radius 1 is 1.23 bits per heavy atom. The van der Waals surface area contributed by atoms with Crippen molar-refractivity contribution in [3.05, 3.63) is 11.6 Å². The van der Waals surface area contributed by atoms with Crippen molar-refractivity contribution in [2.75, 3.05) is 0 Å². The van der Waals surface area contributed by atoms with Crippen LogP contribution in [0.1, 0.15) is 72.1 Å². The van der Waals surface area contributed by atoms with Gasteiger partial charge in [0, 0.05) is 0 Å². The molecule has 0 spiro atoms. The van der Waals surface area contributed by atoms with Gasteiger partial charge in [0.1, 0.15) is 0 Å². The van der Waals surface area contributed by atoms with Gasteiger partial charge in [-0.05, 0) is 67.3 Å². The minimum absolute atomic E-state index is 0.783. The van der Waals surface area contributed by atoms with Gasteiger partial charge in [0.2, 0.25) is 0 Å². The van der Waals surface area contributed by atoms with Crippen molar-refractivity contribution in [3.8, 4) is 0 Å². The van der Waals surface area contributed by atoms with E-state index in [1.54, 1.807) is 5.57 Å². The first-order chi connectivity index (χ1) is 10.7. The number of hydrogen-bond donors (Lipinski definition) is 1. The fourth-order valence-electron chi connectivity index (χ4n) is 6.05. The Bertz CT molecular complexity index is 453. The molecule has 2 heteroatoms. The lowest BCUT2D eigenvalue weighted by Gasteiger charge is -2.54. The molecule has 2 saturated carbocycles. The predicted octanol–water partition coefficient (Wildman–Crippen LogP) is 5.66. The highest BCUT2D eigenvalue weighted by atomic mass is 16.4. The topological polar surface area (TPSA) is 32.6 Å². The second-order valence-electron chi connectivity index (χ2n) is 8.08. The number of hydrogen-bond acceptors (Lipinski definition) is 2. The van der Waals surface area contributed by atoms with Gasteiger partial charge in [0.15, 0.2) is 0 Å². The van der Waals surface area contributed by atoms with E-state index in [0.29, 0.717) is 0 Å². The van der Waals surface area contributed by atoms with Gasteiger partial charge in [-0.2, -0.15) is 0 Å². The molecular formula is C20H33NO. The van der Waals surface area contributed by atoms with Crippen LogP contribution in [0.25, 0.3) is 0 Å². The highest BCUT2D eigenvalue weighted by molar-refractivity contribution is 5.96. The molecular weight excluding hydrogens is 270 g/mol. The zero-order valence-electron chi connectivity index (χ0n) is 14.6. The lowest BCUT2D eigenvalue weighted by molar-refractivity contribution is -0.00446. The summed E-state index contributed by atoms with van der Waals surface area (Å²) >= 11 is 0. The summed E-state index contributed by atoms with van der Waals surface area (Å²) in [6.07, 6.45) is 12.6. The molecule has 3 rings (SSSR count). The number of oxime groups is 1. The van der Waals surface area contributed by atoms with Gasteiger partial charge >= 0.3 is 0 Å². The summed E-state index contributed by atoms with van der Waals surface area (Å²) in [5.74, 6) is 5.35. The van der Waals surface area contributed by atoms with Crippen molar-refractivity contribution in [1.82, 2.24) is 0 Å². The van der Waals surface area contributed by atoms with Crippen LogP contribution in [0.2, 0.25) is 0 Å². The van der Waals surface area contributed by atoms with Crippen LogP contribution in [0.5, 0.6) is 0 Å². The van der Waals surface area contributed by atoms with Crippen molar-refractivity contribution in [2.45, 2.75) is 72.1 Å². The Hall–Kier alpha value is -0.790. The molecule has 6 atom stereocenters. The summed E-state index contributed by atoms with van der Waals surface area (Å²) in [5, 5.41) is 12.6. The molecule has 1 N–H and O–H groups in total. The van der Waals surface area contributed by atoms with Crippen molar-refractivity contribution < 1.29 is 5.21 Å². The molecule has 2 nitrogen and oxygen atoms in total. The van der Waals surface area contributed by atoms with Gasteiger partial charge < -0.3 is 5.21 Å². The standard InChI is InChI=1S/C20H33NO/c1-4-6-17-13(3)7-9-19-18-10-8-16(21-22)12-15(18)11-14(5-2)20(17)19/h12-14,17-20,22H,4-11H2,1-3H3/b21-16+. The molecule has 3 aliphatic rings. The van der Waals surface area contributed by atoms with E-state index in [4.69, 9.17) is 5.21 Å². The van der Waals surface area contributed by atoms with E-state index < -0.39 is 0 Å².